The molecule has 1 heterocycles. The summed E-state index contributed by atoms with van der Waals surface area (Å²) in [6.45, 7) is 6.72. The van der Waals surface area contributed by atoms with Crippen LogP contribution in [0.1, 0.15) is 45.4 Å². The Balaban J connectivity index is 1.43. The second-order valence-corrected chi connectivity index (χ2v) is 8.02. The van der Waals surface area contributed by atoms with Crippen LogP contribution in [-0.2, 0) is 0 Å². The van der Waals surface area contributed by atoms with Crippen LogP contribution in [0.5, 0.6) is 0 Å². The van der Waals surface area contributed by atoms with Gasteiger partial charge in [0.25, 0.3) is 0 Å². The minimum Gasteiger partial charge on any atom is -0.314 e. The van der Waals surface area contributed by atoms with Crippen molar-refractivity contribution in [2.75, 3.05) is 26.2 Å². The Hall–Kier alpha value is -0.520. The van der Waals surface area contributed by atoms with Crippen LogP contribution in [0.15, 0.2) is 0 Å². The first-order chi connectivity index (χ1) is 9.72. The topological polar surface area (TPSA) is 15.3 Å². The zero-order chi connectivity index (χ0) is 13.6. The molecule has 0 aromatic carbocycles. The average molecular weight is 272 g/mol. The lowest BCUT2D eigenvalue weighted by molar-refractivity contribution is -0.0182. The third-order valence-corrected chi connectivity index (χ3v) is 6.31. The second-order valence-electron chi connectivity index (χ2n) is 8.02. The SMILES string of the molecule is CC1CNCCN1CC#CC12CC3CC(CC(C3)C1)C2. The predicted molar refractivity (Wildman–Crippen MR) is 82.3 cm³/mol. The summed E-state index contributed by atoms with van der Waals surface area (Å²) in [5, 5.41) is 3.46. The van der Waals surface area contributed by atoms with Gasteiger partial charge in [-0.25, -0.2) is 0 Å². The maximum Gasteiger partial charge on any atom is 0.0604 e. The lowest BCUT2D eigenvalue weighted by Gasteiger charge is -2.54. The minimum atomic E-state index is 0.437. The van der Waals surface area contributed by atoms with E-state index in [1.165, 1.54) is 38.5 Å². The van der Waals surface area contributed by atoms with Crippen LogP contribution in [0.4, 0.5) is 0 Å². The van der Waals surface area contributed by atoms with Crippen molar-refractivity contribution in [2.45, 2.75) is 51.5 Å². The Bertz CT molecular complexity index is 395. The Morgan fingerprint density at radius 1 is 1.10 bits per heavy atom. The molecule has 0 radical (unpaired) electrons. The van der Waals surface area contributed by atoms with Gasteiger partial charge in [0.1, 0.15) is 0 Å². The van der Waals surface area contributed by atoms with Crippen LogP contribution >= 0.6 is 0 Å². The van der Waals surface area contributed by atoms with Gasteiger partial charge in [-0.1, -0.05) is 11.8 Å². The molecule has 20 heavy (non-hydrogen) atoms. The maximum absolute atomic E-state index is 3.78. The summed E-state index contributed by atoms with van der Waals surface area (Å²) < 4.78 is 0. The smallest absolute Gasteiger partial charge is 0.0604 e. The Labute approximate surface area is 123 Å². The number of hydrogen-bond donors (Lipinski definition) is 1. The molecule has 5 fully saturated rings. The normalized spacial score (nSPS) is 47.0. The molecule has 5 aliphatic rings. The molecule has 4 aliphatic carbocycles. The fourth-order valence-corrected chi connectivity index (χ4v) is 5.71. The highest BCUT2D eigenvalue weighted by atomic mass is 15.2. The zero-order valence-electron chi connectivity index (χ0n) is 12.8. The zero-order valence-corrected chi connectivity index (χ0v) is 12.8. The largest absolute Gasteiger partial charge is 0.314 e. The molecule has 5 rings (SSSR count). The standard InChI is InChI=1S/C18H28N2/c1-14-13-19-4-6-20(14)5-2-3-18-10-15-7-16(11-18)9-17(8-15)12-18/h14-17,19H,4-13H2,1H3. The molecule has 0 aromatic heterocycles. The van der Waals surface area contributed by atoms with Gasteiger partial charge in [-0.15, -0.1) is 0 Å². The molecule has 4 bridgehead atoms. The van der Waals surface area contributed by atoms with Crippen molar-refractivity contribution < 1.29 is 0 Å². The van der Waals surface area contributed by atoms with Crippen molar-refractivity contribution in [3.63, 3.8) is 0 Å². The molecule has 1 aliphatic heterocycles. The fourth-order valence-electron chi connectivity index (χ4n) is 5.71. The predicted octanol–water partition coefficient (Wildman–Crippen LogP) is 2.50. The van der Waals surface area contributed by atoms with E-state index in [0.29, 0.717) is 11.5 Å². The summed E-state index contributed by atoms with van der Waals surface area (Å²) in [5.41, 5.74) is 0.437. The Morgan fingerprint density at radius 2 is 1.75 bits per heavy atom. The number of rotatable bonds is 1. The number of piperazine rings is 1. The van der Waals surface area contributed by atoms with Gasteiger partial charge < -0.3 is 5.32 Å². The summed E-state index contributed by atoms with van der Waals surface area (Å²) in [5.74, 6) is 10.4. The molecular weight excluding hydrogens is 244 g/mol. The highest BCUT2D eigenvalue weighted by Crippen LogP contribution is 2.59. The number of nitrogens with zero attached hydrogens (tertiary/aromatic N) is 1. The highest BCUT2D eigenvalue weighted by Gasteiger charge is 2.50. The van der Waals surface area contributed by atoms with E-state index in [0.717, 1.165) is 43.9 Å². The third kappa shape index (κ3) is 2.40. The number of hydrogen-bond acceptors (Lipinski definition) is 2. The van der Waals surface area contributed by atoms with E-state index in [9.17, 15) is 0 Å². The third-order valence-electron chi connectivity index (χ3n) is 6.31. The van der Waals surface area contributed by atoms with Crippen molar-refractivity contribution >= 4 is 0 Å². The van der Waals surface area contributed by atoms with Gasteiger partial charge in [-0.05, 0) is 63.2 Å². The van der Waals surface area contributed by atoms with Crippen LogP contribution in [0, 0.1) is 35.0 Å². The van der Waals surface area contributed by atoms with Gasteiger partial charge in [-0.3, -0.25) is 4.90 Å². The highest BCUT2D eigenvalue weighted by molar-refractivity contribution is 5.19. The molecule has 1 atom stereocenters. The van der Waals surface area contributed by atoms with Crippen LogP contribution in [0.3, 0.4) is 0 Å². The quantitative estimate of drug-likeness (QED) is 0.738. The van der Waals surface area contributed by atoms with Gasteiger partial charge in [0.2, 0.25) is 0 Å². The van der Waals surface area contributed by atoms with E-state index in [1.54, 1.807) is 0 Å². The van der Waals surface area contributed by atoms with Gasteiger partial charge in [0.05, 0.1) is 6.54 Å². The van der Waals surface area contributed by atoms with E-state index < -0.39 is 0 Å². The average Bonchev–Trinajstić information content (AvgIpc) is 2.39. The van der Waals surface area contributed by atoms with E-state index in [2.05, 4.69) is 29.0 Å². The van der Waals surface area contributed by atoms with E-state index in [4.69, 9.17) is 0 Å². The van der Waals surface area contributed by atoms with E-state index >= 15 is 0 Å². The first-order valence-corrected chi connectivity index (χ1v) is 8.67. The molecule has 1 N–H and O–H groups in total. The van der Waals surface area contributed by atoms with E-state index in [1.807, 2.05) is 0 Å². The first-order valence-electron chi connectivity index (χ1n) is 8.67. The molecule has 110 valence electrons. The molecular formula is C18H28N2. The molecule has 4 saturated carbocycles. The molecule has 2 heteroatoms. The lowest BCUT2D eigenvalue weighted by atomic mass is 9.50. The van der Waals surface area contributed by atoms with Crippen LogP contribution in [0.25, 0.3) is 0 Å². The lowest BCUT2D eigenvalue weighted by Crippen LogP contribution is -2.49. The van der Waals surface area contributed by atoms with Crippen molar-refractivity contribution in [2.24, 2.45) is 23.2 Å². The number of nitrogens with one attached hydrogen (secondary N) is 1. The van der Waals surface area contributed by atoms with Crippen molar-refractivity contribution in [1.82, 2.24) is 10.2 Å². The van der Waals surface area contributed by atoms with Crippen LogP contribution in [0.2, 0.25) is 0 Å². The fraction of sp³-hybridized carbons (Fsp3) is 0.889. The van der Waals surface area contributed by atoms with Crippen LogP contribution in [-0.4, -0.2) is 37.1 Å². The monoisotopic (exact) mass is 272 g/mol. The Morgan fingerprint density at radius 3 is 2.35 bits per heavy atom. The second kappa shape index (κ2) is 5.04. The molecule has 0 aromatic rings. The molecule has 2 nitrogen and oxygen atoms in total. The first kappa shape index (κ1) is 13.2. The van der Waals surface area contributed by atoms with Crippen molar-refractivity contribution in [3.05, 3.63) is 0 Å². The Kier molecular flexibility index (Phi) is 3.32. The summed E-state index contributed by atoms with van der Waals surface area (Å²) in [4.78, 5) is 2.55. The molecule has 0 amide bonds. The van der Waals surface area contributed by atoms with Crippen molar-refractivity contribution in [3.8, 4) is 11.8 Å². The molecule has 1 saturated heterocycles. The summed E-state index contributed by atoms with van der Waals surface area (Å²) in [6.07, 6.45) is 8.83. The van der Waals surface area contributed by atoms with Gasteiger partial charge in [0.15, 0.2) is 0 Å². The van der Waals surface area contributed by atoms with E-state index in [-0.39, 0.29) is 0 Å². The maximum atomic E-state index is 3.78. The minimum absolute atomic E-state index is 0.437. The van der Waals surface area contributed by atoms with Crippen molar-refractivity contribution in [1.29, 1.82) is 0 Å². The summed E-state index contributed by atoms with van der Waals surface area (Å²) in [6, 6.07) is 0.648. The summed E-state index contributed by atoms with van der Waals surface area (Å²) in [7, 11) is 0. The van der Waals surface area contributed by atoms with Gasteiger partial charge >= 0.3 is 0 Å². The van der Waals surface area contributed by atoms with Gasteiger partial charge in [-0.2, -0.15) is 0 Å². The molecule has 0 spiro atoms. The van der Waals surface area contributed by atoms with Crippen LogP contribution < -0.4 is 5.32 Å². The summed E-state index contributed by atoms with van der Waals surface area (Å²) >= 11 is 0. The molecule has 1 unspecified atom stereocenters. The van der Waals surface area contributed by atoms with Gasteiger partial charge in [0, 0.05) is 31.1 Å².